The van der Waals surface area contributed by atoms with Crippen LogP contribution in [0, 0.1) is 0 Å². The number of amides is 3. The van der Waals surface area contributed by atoms with E-state index in [1.807, 2.05) is 24.3 Å². The van der Waals surface area contributed by atoms with Crippen molar-refractivity contribution in [1.29, 1.82) is 0 Å². The highest BCUT2D eigenvalue weighted by molar-refractivity contribution is 9.10. The van der Waals surface area contributed by atoms with Crippen LogP contribution in [0.5, 0.6) is 0 Å². The van der Waals surface area contributed by atoms with Crippen LogP contribution >= 0.6 is 15.9 Å². The first-order valence-electron chi connectivity index (χ1n) is 8.49. The lowest BCUT2D eigenvalue weighted by Crippen LogP contribution is -2.31. The fourth-order valence-corrected chi connectivity index (χ4v) is 2.64. The molecule has 0 aliphatic rings. The molecule has 0 atom stereocenters. The van der Waals surface area contributed by atoms with Crippen LogP contribution in [-0.4, -0.2) is 29.7 Å². The second kappa shape index (κ2) is 8.90. The number of anilines is 2. The summed E-state index contributed by atoms with van der Waals surface area (Å²) < 4.78 is 6.16. The summed E-state index contributed by atoms with van der Waals surface area (Å²) in [5.41, 5.74) is 1.68. The molecular weight excluding hydrogens is 410 g/mol. The lowest BCUT2D eigenvalue weighted by Gasteiger charge is -2.20. The van der Waals surface area contributed by atoms with E-state index < -0.39 is 11.7 Å². The lowest BCUT2D eigenvalue weighted by atomic mass is 10.2. The van der Waals surface area contributed by atoms with Gasteiger partial charge in [0.2, 0.25) is 0 Å². The highest BCUT2D eigenvalue weighted by atomic mass is 79.9. The third-order valence-electron chi connectivity index (χ3n) is 3.49. The van der Waals surface area contributed by atoms with Crippen molar-refractivity contribution in [2.45, 2.75) is 32.9 Å². The van der Waals surface area contributed by atoms with Gasteiger partial charge in [-0.15, -0.1) is 0 Å². The fourth-order valence-electron chi connectivity index (χ4n) is 2.23. The minimum atomic E-state index is -0.559. The van der Waals surface area contributed by atoms with Crippen molar-refractivity contribution in [2.75, 3.05) is 17.7 Å². The topological polar surface area (TPSA) is 70.7 Å². The van der Waals surface area contributed by atoms with E-state index >= 15 is 0 Å². The normalized spacial score (nSPS) is 10.9. The number of nitrogens with one attached hydrogen (secondary N) is 2. The van der Waals surface area contributed by atoms with Gasteiger partial charge in [0, 0.05) is 29.4 Å². The van der Waals surface area contributed by atoms with Crippen LogP contribution in [0.1, 0.15) is 26.3 Å². The number of carbonyl (C=O) groups is 2. The van der Waals surface area contributed by atoms with Gasteiger partial charge in [0.05, 0.1) is 0 Å². The molecule has 3 amide bonds. The Balaban J connectivity index is 1.90. The Morgan fingerprint density at radius 2 is 1.56 bits per heavy atom. The van der Waals surface area contributed by atoms with Crippen LogP contribution in [0.4, 0.5) is 21.0 Å². The number of nitrogens with zero attached hydrogens (tertiary/aromatic N) is 1. The highest BCUT2D eigenvalue weighted by Gasteiger charge is 2.16. The van der Waals surface area contributed by atoms with Gasteiger partial charge >= 0.3 is 12.1 Å². The van der Waals surface area contributed by atoms with Gasteiger partial charge in [0.25, 0.3) is 0 Å². The summed E-state index contributed by atoms with van der Waals surface area (Å²) in [7, 11) is 1.73. The maximum atomic E-state index is 12.4. The smallest absolute Gasteiger partial charge is 0.412 e. The first kappa shape index (κ1) is 20.8. The number of hydrogen-bond donors (Lipinski definition) is 2. The number of hydrogen-bond acceptors (Lipinski definition) is 3. The van der Waals surface area contributed by atoms with Crippen LogP contribution in [0.15, 0.2) is 53.0 Å². The van der Waals surface area contributed by atoms with Crippen LogP contribution in [0.3, 0.4) is 0 Å². The molecule has 0 spiro atoms. The summed E-state index contributed by atoms with van der Waals surface area (Å²) in [6, 6.07) is 14.4. The predicted molar refractivity (Wildman–Crippen MR) is 111 cm³/mol. The quantitative estimate of drug-likeness (QED) is 0.672. The molecule has 0 aromatic heterocycles. The number of urea groups is 1. The van der Waals surface area contributed by atoms with Gasteiger partial charge < -0.3 is 15.0 Å². The van der Waals surface area contributed by atoms with E-state index in [4.69, 9.17) is 4.74 Å². The number of ether oxygens (including phenoxy) is 1. The minimum absolute atomic E-state index is 0.224. The Morgan fingerprint density at radius 1 is 1.00 bits per heavy atom. The second-order valence-electron chi connectivity index (χ2n) is 7.08. The minimum Gasteiger partial charge on any atom is -0.444 e. The highest BCUT2D eigenvalue weighted by Crippen LogP contribution is 2.19. The van der Waals surface area contributed by atoms with Gasteiger partial charge in [-0.1, -0.05) is 34.1 Å². The molecule has 2 aromatic carbocycles. The summed E-state index contributed by atoms with van der Waals surface area (Å²) in [6.45, 7) is 5.88. The van der Waals surface area contributed by atoms with E-state index in [1.54, 1.807) is 57.0 Å². The number of benzene rings is 2. The molecule has 2 N–H and O–H groups in total. The third kappa shape index (κ3) is 6.94. The Bertz CT molecular complexity index is 801. The molecule has 0 heterocycles. The summed E-state index contributed by atoms with van der Waals surface area (Å²) in [6.07, 6.45) is -0.521. The molecule has 27 heavy (non-hydrogen) atoms. The molecule has 2 rings (SSSR count). The molecule has 0 aliphatic heterocycles. The van der Waals surface area contributed by atoms with E-state index in [0.29, 0.717) is 17.9 Å². The molecule has 0 aliphatic carbocycles. The van der Waals surface area contributed by atoms with E-state index in [1.165, 1.54) is 0 Å². The number of halogens is 1. The first-order valence-corrected chi connectivity index (χ1v) is 9.29. The van der Waals surface area contributed by atoms with Crippen LogP contribution in [-0.2, 0) is 11.3 Å². The Kier molecular flexibility index (Phi) is 6.85. The van der Waals surface area contributed by atoms with Gasteiger partial charge in [-0.2, -0.15) is 0 Å². The summed E-state index contributed by atoms with van der Waals surface area (Å²) in [4.78, 5) is 25.7. The molecule has 0 radical (unpaired) electrons. The summed E-state index contributed by atoms with van der Waals surface area (Å²) >= 11 is 3.48. The summed E-state index contributed by atoms with van der Waals surface area (Å²) in [5, 5.41) is 5.48. The first-order chi connectivity index (χ1) is 12.6. The van der Waals surface area contributed by atoms with Crippen molar-refractivity contribution in [1.82, 2.24) is 4.90 Å². The number of carbonyl (C=O) groups excluding carboxylic acids is 2. The van der Waals surface area contributed by atoms with E-state index in [2.05, 4.69) is 26.6 Å². The predicted octanol–water partition coefficient (Wildman–Crippen LogP) is 5.46. The van der Waals surface area contributed by atoms with Gasteiger partial charge in [-0.25, -0.2) is 9.59 Å². The van der Waals surface area contributed by atoms with E-state index in [0.717, 1.165) is 10.0 Å². The molecule has 0 bridgehead atoms. The Morgan fingerprint density at radius 3 is 2.11 bits per heavy atom. The molecule has 2 aromatic rings. The van der Waals surface area contributed by atoms with Crippen molar-refractivity contribution >= 4 is 39.4 Å². The zero-order valence-electron chi connectivity index (χ0n) is 15.9. The Hall–Kier alpha value is -2.54. The molecule has 6 nitrogen and oxygen atoms in total. The molecular formula is C20H24BrN3O3. The number of rotatable bonds is 4. The summed E-state index contributed by atoms with van der Waals surface area (Å²) in [5.74, 6) is 0. The van der Waals surface area contributed by atoms with Crippen LogP contribution in [0.2, 0.25) is 0 Å². The van der Waals surface area contributed by atoms with E-state index in [9.17, 15) is 9.59 Å². The van der Waals surface area contributed by atoms with Crippen molar-refractivity contribution in [3.05, 3.63) is 58.6 Å². The SMILES string of the molecule is CN(Cc1ccccc1Br)C(=O)Nc1ccc(NC(=O)OC(C)(C)C)cc1. The standard InChI is InChI=1S/C20H24BrN3O3/c1-20(2,3)27-19(26)23-16-11-9-15(10-12-16)22-18(25)24(4)13-14-7-5-6-8-17(14)21/h5-12H,13H2,1-4H3,(H,22,25)(H,23,26). The molecule has 7 heteroatoms. The average molecular weight is 434 g/mol. The van der Waals surface area contributed by atoms with Gasteiger partial charge in [0.15, 0.2) is 0 Å². The monoisotopic (exact) mass is 433 g/mol. The molecule has 0 unspecified atom stereocenters. The fraction of sp³-hybridized carbons (Fsp3) is 0.300. The molecule has 144 valence electrons. The maximum absolute atomic E-state index is 12.4. The average Bonchev–Trinajstić information content (AvgIpc) is 2.57. The van der Waals surface area contributed by atoms with Gasteiger partial charge in [0.1, 0.15) is 5.60 Å². The molecule has 0 fully saturated rings. The second-order valence-corrected chi connectivity index (χ2v) is 7.94. The van der Waals surface area contributed by atoms with Gasteiger partial charge in [-0.3, -0.25) is 5.32 Å². The maximum Gasteiger partial charge on any atom is 0.412 e. The molecule has 0 saturated heterocycles. The molecule has 0 saturated carbocycles. The van der Waals surface area contributed by atoms with Gasteiger partial charge in [-0.05, 0) is 56.7 Å². The van der Waals surface area contributed by atoms with Crippen molar-refractivity contribution < 1.29 is 14.3 Å². The van der Waals surface area contributed by atoms with Crippen LogP contribution in [0.25, 0.3) is 0 Å². The zero-order chi connectivity index (χ0) is 20.0. The van der Waals surface area contributed by atoms with Crippen molar-refractivity contribution in [3.8, 4) is 0 Å². The van der Waals surface area contributed by atoms with E-state index in [-0.39, 0.29) is 6.03 Å². The lowest BCUT2D eigenvalue weighted by molar-refractivity contribution is 0.0636. The van der Waals surface area contributed by atoms with Crippen LogP contribution < -0.4 is 10.6 Å². The van der Waals surface area contributed by atoms with Crippen molar-refractivity contribution in [3.63, 3.8) is 0 Å². The Labute approximate surface area is 168 Å². The zero-order valence-corrected chi connectivity index (χ0v) is 17.5. The third-order valence-corrected chi connectivity index (χ3v) is 4.27. The van der Waals surface area contributed by atoms with Crippen molar-refractivity contribution in [2.24, 2.45) is 0 Å². The largest absolute Gasteiger partial charge is 0.444 e.